The predicted molar refractivity (Wildman–Crippen MR) is 133 cm³/mol. The average Bonchev–Trinajstić information content (AvgIpc) is 2.91. The van der Waals surface area contributed by atoms with Gasteiger partial charge < -0.3 is 20.6 Å². The van der Waals surface area contributed by atoms with E-state index in [2.05, 4.69) is 0 Å². The zero-order valence-electron chi connectivity index (χ0n) is 19.5. The third-order valence-electron chi connectivity index (χ3n) is 6.17. The maximum absolute atomic E-state index is 13.5. The van der Waals surface area contributed by atoms with E-state index in [1.54, 1.807) is 24.0 Å². The van der Waals surface area contributed by atoms with Gasteiger partial charge in [0.05, 0.1) is 17.8 Å². The highest BCUT2D eigenvalue weighted by Crippen LogP contribution is 2.30. The van der Waals surface area contributed by atoms with Crippen LogP contribution in [0.1, 0.15) is 60.5 Å². The van der Waals surface area contributed by atoms with Crippen LogP contribution >= 0.6 is 11.6 Å². The molecule has 1 atom stereocenters. The Labute approximate surface area is 205 Å². The van der Waals surface area contributed by atoms with Crippen LogP contribution in [0.4, 0.5) is 5.69 Å². The summed E-state index contributed by atoms with van der Waals surface area (Å²) in [7, 11) is 0. The van der Waals surface area contributed by atoms with Crippen molar-refractivity contribution in [2.75, 3.05) is 18.0 Å². The van der Waals surface area contributed by atoms with Gasteiger partial charge >= 0.3 is 5.97 Å². The van der Waals surface area contributed by atoms with Crippen LogP contribution in [0.5, 0.6) is 0 Å². The molecule has 1 heterocycles. The maximum atomic E-state index is 13.5. The lowest BCUT2D eigenvalue weighted by molar-refractivity contribution is -0.142. The largest absolute Gasteiger partial charge is 0.480 e. The highest BCUT2D eigenvalue weighted by molar-refractivity contribution is 6.30. The molecule has 34 heavy (non-hydrogen) atoms. The number of unbranched alkanes of at least 4 members (excludes halogenated alkanes) is 3. The Morgan fingerprint density at radius 1 is 1.06 bits per heavy atom. The van der Waals surface area contributed by atoms with E-state index < -0.39 is 17.9 Å². The van der Waals surface area contributed by atoms with Crippen molar-refractivity contribution in [1.82, 2.24) is 4.90 Å². The van der Waals surface area contributed by atoms with Crippen LogP contribution < -0.4 is 10.6 Å². The van der Waals surface area contributed by atoms with Crippen molar-refractivity contribution < 1.29 is 19.5 Å². The van der Waals surface area contributed by atoms with Gasteiger partial charge in [-0.1, -0.05) is 49.6 Å². The molecule has 2 aromatic carbocycles. The molecule has 0 fully saturated rings. The minimum atomic E-state index is -1.12. The first-order valence-electron chi connectivity index (χ1n) is 11.8. The smallest absolute Gasteiger partial charge is 0.326 e. The van der Waals surface area contributed by atoms with Gasteiger partial charge in [-0.2, -0.15) is 0 Å². The molecule has 0 radical (unpaired) electrons. The number of anilines is 1. The molecule has 8 heteroatoms. The summed E-state index contributed by atoms with van der Waals surface area (Å²) in [4.78, 5) is 41.5. The second kappa shape index (κ2) is 12.0. The maximum Gasteiger partial charge on any atom is 0.326 e. The number of carbonyl (C=O) groups is 3. The molecule has 2 amide bonds. The minimum absolute atomic E-state index is 0.210. The topological polar surface area (TPSA) is 104 Å². The number of benzene rings is 2. The van der Waals surface area contributed by atoms with Crippen molar-refractivity contribution in [3.63, 3.8) is 0 Å². The van der Waals surface area contributed by atoms with Crippen molar-refractivity contribution in [3.05, 3.63) is 64.2 Å². The molecule has 7 nitrogen and oxygen atoms in total. The number of nitrogens with two attached hydrogens (primary N) is 1. The number of aryl methyl sites for hydroxylation is 1. The van der Waals surface area contributed by atoms with Gasteiger partial charge in [0.1, 0.15) is 12.6 Å². The van der Waals surface area contributed by atoms with E-state index in [0.717, 1.165) is 43.2 Å². The number of halogens is 1. The van der Waals surface area contributed by atoms with E-state index in [4.69, 9.17) is 17.3 Å². The summed E-state index contributed by atoms with van der Waals surface area (Å²) in [6.45, 7) is 2.35. The van der Waals surface area contributed by atoms with Crippen LogP contribution in [0.25, 0.3) is 0 Å². The molecular formula is C26H32ClN3O4. The molecule has 3 rings (SSSR count). The third kappa shape index (κ3) is 6.15. The Hall–Kier alpha value is -2.90. The lowest BCUT2D eigenvalue weighted by Crippen LogP contribution is -2.48. The second-order valence-corrected chi connectivity index (χ2v) is 9.04. The predicted octanol–water partition coefficient (Wildman–Crippen LogP) is 4.25. The second-order valence-electron chi connectivity index (χ2n) is 8.61. The van der Waals surface area contributed by atoms with Gasteiger partial charge in [-0.3, -0.25) is 9.59 Å². The summed E-state index contributed by atoms with van der Waals surface area (Å²) < 4.78 is 0. The van der Waals surface area contributed by atoms with Gasteiger partial charge in [0, 0.05) is 5.02 Å². The molecule has 1 aliphatic rings. The fraction of sp³-hybridized carbons (Fsp3) is 0.423. The van der Waals surface area contributed by atoms with E-state index in [1.807, 2.05) is 30.3 Å². The van der Waals surface area contributed by atoms with Crippen molar-refractivity contribution in [3.8, 4) is 0 Å². The van der Waals surface area contributed by atoms with Gasteiger partial charge in [-0.25, -0.2) is 4.79 Å². The minimum Gasteiger partial charge on any atom is -0.480 e. The molecule has 3 N–H and O–H groups in total. The Bertz CT molecular complexity index is 1030. The van der Waals surface area contributed by atoms with Gasteiger partial charge in [0.2, 0.25) is 5.91 Å². The quantitative estimate of drug-likeness (QED) is 0.463. The normalized spacial score (nSPS) is 14.7. The number of rotatable bonds is 11. The first-order valence-corrected chi connectivity index (χ1v) is 12.1. The lowest BCUT2D eigenvalue weighted by atomic mass is 10.0. The molecule has 0 spiro atoms. The Kier molecular flexibility index (Phi) is 9.07. The molecule has 0 saturated heterocycles. The van der Waals surface area contributed by atoms with Gasteiger partial charge in [-0.15, -0.1) is 0 Å². The van der Waals surface area contributed by atoms with Crippen molar-refractivity contribution in [1.29, 1.82) is 0 Å². The zero-order chi connectivity index (χ0) is 24.7. The molecule has 2 aromatic rings. The molecule has 182 valence electrons. The monoisotopic (exact) mass is 485 g/mol. The van der Waals surface area contributed by atoms with E-state index in [0.29, 0.717) is 22.8 Å². The number of hydrogen-bond donors (Lipinski definition) is 2. The summed E-state index contributed by atoms with van der Waals surface area (Å²) >= 11 is 6.00. The van der Waals surface area contributed by atoms with Crippen LogP contribution in [0.2, 0.25) is 5.02 Å². The van der Waals surface area contributed by atoms with Crippen LogP contribution in [0.3, 0.4) is 0 Å². The standard InChI is InChI=1S/C26H32ClN3O4/c1-2-22(26(33)34)30-17-24(31)29(16-19-8-11-20(27)12-9-19)23-13-10-18(15-21(23)25(30)32)7-5-3-4-6-14-28/h8-13,15,22H,2-7,14,16-17,28H2,1H3,(H,33,34). The fourth-order valence-electron chi connectivity index (χ4n) is 4.29. The van der Waals surface area contributed by atoms with Crippen LogP contribution in [-0.4, -0.2) is 46.9 Å². The number of aliphatic carboxylic acids is 1. The average molecular weight is 486 g/mol. The highest BCUT2D eigenvalue weighted by atomic mass is 35.5. The van der Waals surface area contributed by atoms with Crippen molar-refractivity contribution in [2.45, 2.75) is 58.0 Å². The lowest BCUT2D eigenvalue weighted by Gasteiger charge is -2.26. The highest BCUT2D eigenvalue weighted by Gasteiger charge is 2.37. The molecule has 1 unspecified atom stereocenters. The first-order chi connectivity index (χ1) is 16.3. The molecule has 0 aliphatic carbocycles. The number of fused-ring (bicyclic) bond motifs is 1. The third-order valence-corrected chi connectivity index (χ3v) is 6.42. The SMILES string of the molecule is CCC(C(=O)O)N1CC(=O)N(Cc2ccc(Cl)cc2)c2ccc(CCCCCCN)cc2C1=O. The fourth-order valence-corrected chi connectivity index (χ4v) is 4.42. The van der Waals surface area contributed by atoms with Gasteiger partial charge in [0.25, 0.3) is 5.91 Å². The summed E-state index contributed by atoms with van der Waals surface area (Å²) in [5.41, 5.74) is 8.27. The van der Waals surface area contributed by atoms with Crippen molar-refractivity contribution >= 4 is 35.1 Å². The molecule has 0 aromatic heterocycles. The number of amides is 2. The zero-order valence-corrected chi connectivity index (χ0v) is 20.3. The summed E-state index contributed by atoms with van der Waals surface area (Å²) in [5, 5.41) is 10.3. The Morgan fingerprint density at radius 3 is 2.38 bits per heavy atom. The molecule has 0 saturated carbocycles. The van der Waals surface area contributed by atoms with E-state index in [9.17, 15) is 19.5 Å². The Balaban J connectivity index is 1.96. The van der Waals surface area contributed by atoms with E-state index in [-0.39, 0.29) is 25.4 Å². The molecule has 0 bridgehead atoms. The summed E-state index contributed by atoms with van der Waals surface area (Å²) in [5.74, 6) is -1.87. The van der Waals surface area contributed by atoms with E-state index in [1.165, 1.54) is 4.90 Å². The van der Waals surface area contributed by atoms with Crippen LogP contribution in [0, 0.1) is 0 Å². The van der Waals surface area contributed by atoms with Crippen molar-refractivity contribution in [2.24, 2.45) is 5.73 Å². The number of carboxylic acids is 1. The number of hydrogen-bond acceptors (Lipinski definition) is 4. The number of nitrogens with zero attached hydrogens (tertiary/aromatic N) is 2. The molecule has 1 aliphatic heterocycles. The number of carbonyl (C=O) groups excluding carboxylic acids is 2. The van der Waals surface area contributed by atoms with E-state index >= 15 is 0 Å². The first kappa shape index (κ1) is 25.7. The summed E-state index contributed by atoms with van der Waals surface area (Å²) in [6.07, 6.45) is 5.08. The van der Waals surface area contributed by atoms with Gasteiger partial charge in [0.15, 0.2) is 0 Å². The molecular weight excluding hydrogens is 454 g/mol. The van der Waals surface area contributed by atoms with Gasteiger partial charge in [-0.05, 0) is 67.6 Å². The Morgan fingerprint density at radius 2 is 1.74 bits per heavy atom. The van der Waals surface area contributed by atoms with Crippen LogP contribution in [-0.2, 0) is 22.6 Å². The number of carboxylic acid groups (broad SMARTS) is 1. The summed E-state index contributed by atoms with van der Waals surface area (Å²) in [6, 6.07) is 11.7. The van der Waals surface area contributed by atoms with Crippen LogP contribution in [0.15, 0.2) is 42.5 Å².